The van der Waals surface area contributed by atoms with E-state index in [-0.39, 0.29) is 0 Å². The van der Waals surface area contributed by atoms with Gasteiger partial charge in [-0.1, -0.05) is 24.3 Å². The van der Waals surface area contributed by atoms with Gasteiger partial charge in [0.05, 0.1) is 0 Å². The second kappa shape index (κ2) is 8.92. The molecular weight excluding hydrogens is 406 g/mol. The molecule has 0 saturated heterocycles. The highest BCUT2D eigenvalue weighted by atomic mass is 31.1. The van der Waals surface area contributed by atoms with Gasteiger partial charge in [-0.3, -0.25) is 0 Å². The molecule has 0 aliphatic heterocycles. The lowest BCUT2D eigenvalue weighted by atomic mass is 10.2. The Bertz CT molecular complexity index is 986. The van der Waals surface area contributed by atoms with Crippen molar-refractivity contribution >= 4 is 16.4 Å². The minimum Gasteiger partial charge on any atom is -0.315 e. The summed E-state index contributed by atoms with van der Waals surface area (Å²) in [5.41, 5.74) is 2.77. The topological polar surface area (TPSA) is 19.7 Å². The molecule has 0 amide bonds. The van der Waals surface area contributed by atoms with E-state index in [1.54, 1.807) is 0 Å². The molecule has 0 N–H and O–H groups in total. The normalized spacial score (nSPS) is 11.5. The van der Waals surface area contributed by atoms with E-state index in [1.165, 1.54) is 11.1 Å². The van der Waals surface area contributed by atoms with Crippen molar-refractivity contribution in [1.29, 1.82) is 0 Å². The van der Waals surface area contributed by atoms with E-state index in [4.69, 9.17) is 0 Å². The van der Waals surface area contributed by atoms with Crippen LogP contribution in [-0.2, 0) is 12.3 Å². The van der Waals surface area contributed by atoms with Crippen LogP contribution in [0.2, 0.25) is 0 Å². The Morgan fingerprint density at radius 1 is 0.433 bits per heavy atom. The van der Waals surface area contributed by atoms with Gasteiger partial charge in [-0.15, -0.1) is 0 Å². The first-order chi connectivity index (χ1) is 14.9. The standard InChI is InChI=1S/C24H24N4P2/c1-2-13-25(12-1)29(26-14-3-4-15-26)21-23-10-9-11-24(20-23)22-30(27-16-5-6-17-27)28-18-7-8-19-28/h1-20H,21-22H2. The average Bonchev–Trinajstić information content (AvgIpc) is 3.60. The van der Waals surface area contributed by atoms with Crippen LogP contribution in [0.4, 0.5) is 0 Å². The van der Waals surface area contributed by atoms with Crippen LogP contribution in [0.15, 0.2) is 122 Å². The van der Waals surface area contributed by atoms with Crippen molar-refractivity contribution in [1.82, 2.24) is 17.4 Å². The highest BCUT2D eigenvalue weighted by Gasteiger charge is 2.16. The fourth-order valence-corrected chi connectivity index (χ4v) is 7.66. The summed E-state index contributed by atoms with van der Waals surface area (Å²) in [5, 5.41) is 0. The van der Waals surface area contributed by atoms with Crippen molar-refractivity contribution < 1.29 is 0 Å². The van der Waals surface area contributed by atoms with Crippen LogP contribution < -0.4 is 0 Å². The lowest BCUT2D eigenvalue weighted by molar-refractivity contribution is 1.09. The molecule has 5 aromatic rings. The fourth-order valence-electron chi connectivity index (χ4n) is 3.64. The van der Waals surface area contributed by atoms with Gasteiger partial charge in [0, 0.05) is 61.9 Å². The van der Waals surface area contributed by atoms with E-state index >= 15 is 0 Å². The molecule has 0 saturated carbocycles. The number of aromatic nitrogens is 4. The van der Waals surface area contributed by atoms with Crippen LogP contribution in [0.3, 0.4) is 0 Å². The van der Waals surface area contributed by atoms with Crippen molar-refractivity contribution in [3.63, 3.8) is 0 Å². The van der Waals surface area contributed by atoms with Gasteiger partial charge in [-0.25, -0.2) is 0 Å². The van der Waals surface area contributed by atoms with Gasteiger partial charge in [0.25, 0.3) is 0 Å². The number of nitrogens with zero attached hydrogens (tertiary/aromatic N) is 4. The number of hydrogen-bond donors (Lipinski definition) is 0. The van der Waals surface area contributed by atoms with Crippen LogP contribution in [0.5, 0.6) is 0 Å². The zero-order chi connectivity index (χ0) is 20.2. The highest BCUT2D eigenvalue weighted by molar-refractivity contribution is 7.53. The molecular formula is C24H24N4P2. The summed E-state index contributed by atoms with van der Waals surface area (Å²) in [5.74, 6) is 0. The Balaban J connectivity index is 1.41. The van der Waals surface area contributed by atoms with Gasteiger partial charge in [-0.2, -0.15) is 0 Å². The Morgan fingerprint density at radius 3 is 1.03 bits per heavy atom. The number of hydrogen-bond acceptors (Lipinski definition) is 0. The molecule has 0 aliphatic rings. The predicted octanol–water partition coefficient (Wildman–Crippen LogP) is 6.71. The van der Waals surface area contributed by atoms with Crippen molar-refractivity contribution in [2.24, 2.45) is 0 Å². The van der Waals surface area contributed by atoms with Gasteiger partial charge >= 0.3 is 0 Å². The van der Waals surface area contributed by atoms with Crippen molar-refractivity contribution in [3.8, 4) is 0 Å². The molecule has 6 heteroatoms. The maximum atomic E-state index is 2.39. The summed E-state index contributed by atoms with van der Waals surface area (Å²) < 4.78 is 9.37. The predicted molar refractivity (Wildman–Crippen MR) is 127 cm³/mol. The summed E-state index contributed by atoms with van der Waals surface area (Å²) in [7, 11) is -1.06. The molecule has 4 nitrogen and oxygen atoms in total. The van der Waals surface area contributed by atoms with E-state index in [1.807, 2.05) is 0 Å². The van der Waals surface area contributed by atoms with Crippen molar-refractivity contribution in [2.75, 3.05) is 0 Å². The molecule has 1 aromatic carbocycles. The minimum absolute atomic E-state index is 0.530. The minimum atomic E-state index is -0.530. The first-order valence-electron chi connectivity index (χ1n) is 10.0. The maximum Gasteiger partial charge on any atom is 0.107 e. The molecule has 0 radical (unpaired) electrons. The molecule has 0 unspecified atom stereocenters. The molecule has 5 rings (SSSR count). The van der Waals surface area contributed by atoms with Crippen molar-refractivity contribution in [2.45, 2.75) is 12.3 Å². The first kappa shape index (κ1) is 19.2. The zero-order valence-corrected chi connectivity index (χ0v) is 18.4. The van der Waals surface area contributed by atoms with Crippen LogP contribution in [0.1, 0.15) is 11.1 Å². The van der Waals surface area contributed by atoms with Gasteiger partial charge in [0.15, 0.2) is 0 Å². The third-order valence-corrected chi connectivity index (χ3v) is 9.56. The number of rotatable bonds is 8. The summed E-state index contributed by atoms with van der Waals surface area (Å²) in [6, 6.07) is 26.0. The molecule has 30 heavy (non-hydrogen) atoms. The Hall–Kier alpha value is -2.80. The summed E-state index contributed by atoms with van der Waals surface area (Å²) >= 11 is 0. The average molecular weight is 430 g/mol. The third kappa shape index (κ3) is 4.21. The lowest BCUT2D eigenvalue weighted by Crippen LogP contribution is -2.02. The zero-order valence-electron chi connectivity index (χ0n) is 16.6. The van der Waals surface area contributed by atoms with Crippen LogP contribution in [-0.4, -0.2) is 17.4 Å². The van der Waals surface area contributed by atoms with E-state index in [9.17, 15) is 0 Å². The number of benzene rings is 1. The Kier molecular flexibility index (Phi) is 5.70. The van der Waals surface area contributed by atoms with Gasteiger partial charge in [-0.05, 0) is 59.7 Å². The summed E-state index contributed by atoms with van der Waals surface area (Å²) in [4.78, 5) is 0. The highest BCUT2D eigenvalue weighted by Crippen LogP contribution is 2.45. The largest absolute Gasteiger partial charge is 0.315 e. The van der Waals surface area contributed by atoms with E-state index in [0.717, 1.165) is 12.3 Å². The van der Waals surface area contributed by atoms with Crippen LogP contribution in [0.25, 0.3) is 0 Å². The molecule has 0 fully saturated rings. The monoisotopic (exact) mass is 430 g/mol. The molecule has 0 bridgehead atoms. The third-order valence-electron chi connectivity index (χ3n) is 5.06. The van der Waals surface area contributed by atoms with Crippen LogP contribution >= 0.6 is 16.4 Å². The Labute approximate surface area is 179 Å². The molecule has 0 spiro atoms. The quantitative estimate of drug-likeness (QED) is 0.244. The smallest absolute Gasteiger partial charge is 0.107 e. The van der Waals surface area contributed by atoms with Crippen LogP contribution in [0, 0.1) is 0 Å². The van der Waals surface area contributed by atoms with E-state index in [2.05, 4.69) is 140 Å². The van der Waals surface area contributed by atoms with Gasteiger partial charge in [0.2, 0.25) is 0 Å². The molecule has 0 atom stereocenters. The van der Waals surface area contributed by atoms with E-state index < -0.39 is 16.4 Å². The fraction of sp³-hybridized carbons (Fsp3) is 0.0833. The second-order valence-electron chi connectivity index (χ2n) is 7.13. The molecule has 0 aliphatic carbocycles. The molecule has 150 valence electrons. The second-order valence-corrected chi connectivity index (χ2v) is 11.1. The first-order valence-corrected chi connectivity index (χ1v) is 12.9. The molecule has 4 heterocycles. The Morgan fingerprint density at radius 2 is 0.733 bits per heavy atom. The van der Waals surface area contributed by atoms with Crippen molar-refractivity contribution in [3.05, 3.63) is 133 Å². The van der Waals surface area contributed by atoms with Gasteiger partial charge < -0.3 is 17.4 Å². The van der Waals surface area contributed by atoms with E-state index in [0.29, 0.717) is 0 Å². The van der Waals surface area contributed by atoms with Gasteiger partial charge in [0.1, 0.15) is 16.4 Å². The summed E-state index contributed by atoms with van der Waals surface area (Å²) in [6.07, 6.45) is 19.4. The maximum absolute atomic E-state index is 2.39. The summed E-state index contributed by atoms with van der Waals surface area (Å²) in [6.45, 7) is 0. The molecule has 4 aromatic heterocycles. The SMILES string of the molecule is c1cc(CP(n2cccc2)n2cccc2)cc(CP(n2cccc2)n2cccc2)c1. The lowest BCUT2D eigenvalue weighted by Gasteiger charge is -2.22.